The molecule has 0 saturated heterocycles. The Labute approximate surface area is 192 Å². The first-order chi connectivity index (χ1) is 15.6. The molecule has 0 spiro atoms. The van der Waals surface area contributed by atoms with Crippen LogP contribution in [0.3, 0.4) is 0 Å². The molecular weight excluding hydrogens is 429 g/mol. The Bertz CT molecular complexity index is 1060. The molecule has 3 nitrogen and oxygen atoms in total. The summed E-state index contributed by atoms with van der Waals surface area (Å²) in [5, 5.41) is 0. The van der Waals surface area contributed by atoms with Crippen molar-refractivity contribution in [3.63, 3.8) is 0 Å². The van der Waals surface area contributed by atoms with Gasteiger partial charge >= 0.3 is 12.1 Å². The summed E-state index contributed by atoms with van der Waals surface area (Å²) in [6.07, 6.45) is -4.65. The van der Waals surface area contributed by atoms with Gasteiger partial charge in [0.25, 0.3) is 0 Å². The molecule has 0 radical (unpaired) electrons. The molecule has 3 aromatic carbocycles. The fourth-order valence-corrected chi connectivity index (χ4v) is 3.70. The van der Waals surface area contributed by atoms with Crippen LogP contribution in [0.15, 0.2) is 72.8 Å². The normalized spacial score (nSPS) is 12.5. The number of hydrogen-bond donors (Lipinski definition) is 0. The highest BCUT2D eigenvalue weighted by molar-refractivity contribution is 5.79. The SMILES string of the molecule is COC(=O)C(CC(C)C)c1cc(Oc2ccccc2)cc(-c2ccc(CC(F)(F)F)cc2)c1. The fraction of sp³-hybridized carbons (Fsp3) is 0.296. The van der Waals surface area contributed by atoms with Crippen molar-refractivity contribution in [1.29, 1.82) is 0 Å². The maximum absolute atomic E-state index is 12.7. The predicted molar refractivity (Wildman–Crippen MR) is 122 cm³/mol. The maximum Gasteiger partial charge on any atom is 0.393 e. The highest BCUT2D eigenvalue weighted by Gasteiger charge is 2.27. The van der Waals surface area contributed by atoms with Crippen molar-refractivity contribution in [2.24, 2.45) is 5.92 Å². The van der Waals surface area contributed by atoms with E-state index in [0.717, 1.165) is 16.7 Å². The molecule has 1 atom stereocenters. The van der Waals surface area contributed by atoms with Crippen LogP contribution >= 0.6 is 0 Å². The molecule has 0 aromatic heterocycles. The molecule has 1 unspecified atom stereocenters. The van der Waals surface area contributed by atoms with E-state index in [1.807, 2.05) is 62.4 Å². The van der Waals surface area contributed by atoms with E-state index < -0.39 is 18.5 Å². The summed E-state index contributed by atoms with van der Waals surface area (Å²) in [5.74, 6) is 0.591. The van der Waals surface area contributed by atoms with Crippen LogP contribution in [0.5, 0.6) is 11.5 Å². The summed E-state index contributed by atoms with van der Waals surface area (Å²) in [6.45, 7) is 4.06. The number of benzene rings is 3. The van der Waals surface area contributed by atoms with Crippen LogP contribution in [0.2, 0.25) is 0 Å². The lowest BCUT2D eigenvalue weighted by Crippen LogP contribution is -2.16. The zero-order chi connectivity index (χ0) is 24.0. The van der Waals surface area contributed by atoms with E-state index in [1.165, 1.54) is 19.2 Å². The minimum Gasteiger partial charge on any atom is -0.469 e. The van der Waals surface area contributed by atoms with Gasteiger partial charge in [0, 0.05) is 0 Å². The number of hydrogen-bond acceptors (Lipinski definition) is 3. The van der Waals surface area contributed by atoms with Crippen LogP contribution in [-0.2, 0) is 16.0 Å². The Morgan fingerprint density at radius 1 is 0.879 bits per heavy atom. The molecule has 0 aliphatic heterocycles. The summed E-state index contributed by atoms with van der Waals surface area (Å²) in [6, 6.07) is 21.0. The third-order valence-corrected chi connectivity index (χ3v) is 5.19. The molecule has 174 valence electrons. The van der Waals surface area contributed by atoms with Crippen molar-refractivity contribution in [3.8, 4) is 22.6 Å². The van der Waals surface area contributed by atoms with Crippen molar-refractivity contribution in [1.82, 2.24) is 0 Å². The maximum atomic E-state index is 12.7. The van der Waals surface area contributed by atoms with Gasteiger partial charge in [0.2, 0.25) is 0 Å². The van der Waals surface area contributed by atoms with Crippen molar-refractivity contribution >= 4 is 5.97 Å². The second-order valence-electron chi connectivity index (χ2n) is 8.40. The van der Waals surface area contributed by atoms with E-state index in [4.69, 9.17) is 9.47 Å². The zero-order valence-corrected chi connectivity index (χ0v) is 18.9. The Morgan fingerprint density at radius 3 is 2.12 bits per heavy atom. The lowest BCUT2D eigenvalue weighted by atomic mass is 9.88. The summed E-state index contributed by atoms with van der Waals surface area (Å²) < 4.78 is 49.2. The molecule has 33 heavy (non-hydrogen) atoms. The van der Waals surface area contributed by atoms with Crippen LogP contribution in [0.4, 0.5) is 13.2 Å². The third kappa shape index (κ3) is 7.11. The van der Waals surface area contributed by atoms with Gasteiger partial charge in [0.05, 0.1) is 19.4 Å². The highest BCUT2D eigenvalue weighted by atomic mass is 19.4. The van der Waals surface area contributed by atoms with Gasteiger partial charge in [-0.3, -0.25) is 4.79 Å². The van der Waals surface area contributed by atoms with Gasteiger partial charge in [-0.15, -0.1) is 0 Å². The molecule has 0 saturated carbocycles. The standard InChI is InChI=1S/C27H27F3O3/c1-18(2)13-25(26(31)32-3)22-14-21(15-24(16-22)33-23-7-5-4-6-8-23)20-11-9-19(10-12-20)17-27(28,29)30/h4-12,14-16,18,25H,13,17H2,1-3H3. The van der Waals surface area contributed by atoms with Crippen molar-refractivity contribution in [2.75, 3.05) is 7.11 Å². The molecule has 0 fully saturated rings. The number of carbonyl (C=O) groups is 1. The van der Waals surface area contributed by atoms with E-state index in [9.17, 15) is 18.0 Å². The van der Waals surface area contributed by atoms with Gasteiger partial charge in [0.15, 0.2) is 0 Å². The highest BCUT2D eigenvalue weighted by Crippen LogP contribution is 2.35. The number of rotatable bonds is 8. The molecule has 3 rings (SSSR count). The molecule has 0 aliphatic carbocycles. The van der Waals surface area contributed by atoms with Gasteiger partial charge in [-0.05, 0) is 58.9 Å². The topological polar surface area (TPSA) is 35.5 Å². The second-order valence-corrected chi connectivity index (χ2v) is 8.40. The first-order valence-electron chi connectivity index (χ1n) is 10.8. The van der Waals surface area contributed by atoms with Crippen molar-refractivity contribution < 1.29 is 27.4 Å². The predicted octanol–water partition coefficient (Wildman–Crippen LogP) is 7.55. The molecule has 0 bridgehead atoms. The Hall–Kier alpha value is -3.28. The monoisotopic (exact) mass is 456 g/mol. The quantitative estimate of drug-likeness (QED) is 0.328. The number of carbonyl (C=O) groups excluding carboxylic acids is 1. The minimum absolute atomic E-state index is 0.190. The molecule has 6 heteroatoms. The fourth-order valence-electron chi connectivity index (χ4n) is 3.70. The Balaban J connectivity index is 2.03. The van der Waals surface area contributed by atoms with E-state index in [2.05, 4.69) is 0 Å². The summed E-state index contributed by atoms with van der Waals surface area (Å²) in [7, 11) is 1.36. The number of para-hydroxylation sites is 1. The minimum atomic E-state index is -4.26. The lowest BCUT2D eigenvalue weighted by molar-refractivity contribution is -0.142. The number of alkyl halides is 3. The van der Waals surface area contributed by atoms with Gasteiger partial charge in [-0.2, -0.15) is 13.2 Å². The van der Waals surface area contributed by atoms with Crippen molar-refractivity contribution in [3.05, 3.63) is 83.9 Å². The zero-order valence-electron chi connectivity index (χ0n) is 18.9. The van der Waals surface area contributed by atoms with Crippen LogP contribution in [0.25, 0.3) is 11.1 Å². The van der Waals surface area contributed by atoms with E-state index in [0.29, 0.717) is 17.9 Å². The smallest absolute Gasteiger partial charge is 0.393 e. The number of ether oxygens (including phenoxy) is 2. The Kier molecular flexibility index (Phi) is 7.79. The first-order valence-corrected chi connectivity index (χ1v) is 10.8. The molecule has 0 aliphatic rings. The van der Waals surface area contributed by atoms with E-state index >= 15 is 0 Å². The van der Waals surface area contributed by atoms with E-state index in [1.54, 1.807) is 12.1 Å². The molecule has 0 amide bonds. The molecular formula is C27H27F3O3. The molecule has 3 aromatic rings. The average molecular weight is 457 g/mol. The number of methoxy groups -OCH3 is 1. The van der Waals surface area contributed by atoms with Crippen molar-refractivity contribution in [2.45, 2.75) is 38.8 Å². The largest absolute Gasteiger partial charge is 0.469 e. The van der Waals surface area contributed by atoms with Crippen LogP contribution in [0, 0.1) is 5.92 Å². The summed E-state index contributed by atoms with van der Waals surface area (Å²) in [4.78, 5) is 12.6. The molecule has 0 N–H and O–H groups in total. The summed E-state index contributed by atoms with van der Waals surface area (Å²) in [5.41, 5.74) is 2.40. The molecule has 0 heterocycles. The van der Waals surface area contributed by atoms with Crippen LogP contribution < -0.4 is 4.74 Å². The Morgan fingerprint density at radius 2 is 1.55 bits per heavy atom. The van der Waals surface area contributed by atoms with Gasteiger partial charge < -0.3 is 9.47 Å². The average Bonchev–Trinajstić information content (AvgIpc) is 2.76. The van der Waals surface area contributed by atoms with E-state index in [-0.39, 0.29) is 17.5 Å². The number of esters is 1. The third-order valence-electron chi connectivity index (χ3n) is 5.19. The van der Waals surface area contributed by atoms with Crippen LogP contribution in [-0.4, -0.2) is 19.3 Å². The van der Waals surface area contributed by atoms with Gasteiger partial charge in [-0.1, -0.05) is 62.4 Å². The van der Waals surface area contributed by atoms with Crippen LogP contribution in [0.1, 0.15) is 37.3 Å². The number of halogens is 3. The van der Waals surface area contributed by atoms with Gasteiger partial charge in [-0.25, -0.2) is 0 Å². The second kappa shape index (κ2) is 10.6. The lowest BCUT2D eigenvalue weighted by Gasteiger charge is -2.19. The first kappa shape index (κ1) is 24.4. The van der Waals surface area contributed by atoms with Gasteiger partial charge in [0.1, 0.15) is 11.5 Å². The summed E-state index contributed by atoms with van der Waals surface area (Å²) >= 11 is 0.